The van der Waals surface area contributed by atoms with E-state index in [-0.39, 0.29) is 22.1 Å². The van der Waals surface area contributed by atoms with E-state index in [1.54, 1.807) is 0 Å². The third-order valence-corrected chi connectivity index (χ3v) is 6.65. The molecule has 1 unspecified atom stereocenters. The number of carbonyl (C=O) groups is 1. The number of rotatable bonds is 4. The molecule has 1 aliphatic heterocycles. The summed E-state index contributed by atoms with van der Waals surface area (Å²) in [6.45, 7) is 0. The Hall–Kier alpha value is -0.280. The van der Waals surface area contributed by atoms with E-state index >= 15 is 0 Å². The van der Waals surface area contributed by atoms with Gasteiger partial charge in [0, 0.05) is 10.2 Å². The predicted molar refractivity (Wildman–Crippen MR) is 81.8 cm³/mol. The van der Waals surface area contributed by atoms with E-state index in [2.05, 4.69) is 20.7 Å². The molecule has 9 heteroatoms. The van der Waals surface area contributed by atoms with Gasteiger partial charge in [0.05, 0.1) is 5.02 Å². The summed E-state index contributed by atoms with van der Waals surface area (Å²) in [6.07, 6.45) is 0.250. The molecule has 5 nitrogen and oxygen atoms in total. The van der Waals surface area contributed by atoms with Crippen LogP contribution in [0.4, 0.5) is 0 Å². The Labute approximate surface area is 134 Å². The third-order valence-electron chi connectivity index (χ3n) is 2.94. The van der Waals surface area contributed by atoms with Crippen molar-refractivity contribution < 1.29 is 18.3 Å². The molecule has 0 saturated carbocycles. The number of hydrogen-bond donors (Lipinski definition) is 2. The van der Waals surface area contributed by atoms with Crippen LogP contribution < -0.4 is 4.72 Å². The van der Waals surface area contributed by atoms with Crippen molar-refractivity contribution in [3.05, 3.63) is 27.7 Å². The van der Waals surface area contributed by atoms with Gasteiger partial charge in [-0.15, -0.1) is 0 Å². The predicted octanol–water partition coefficient (Wildman–Crippen LogP) is 2.34. The van der Waals surface area contributed by atoms with Crippen molar-refractivity contribution in [1.29, 1.82) is 0 Å². The topological polar surface area (TPSA) is 83.5 Å². The second kappa shape index (κ2) is 5.84. The molecule has 110 valence electrons. The Kier molecular flexibility index (Phi) is 4.70. The van der Waals surface area contributed by atoms with Gasteiger partial charge in [-0.2, -0.15) is 16.5 Å². The van der Waals surface area contributed by atoms with Crippen LogP contribution in [0, 0.1) is 0 Å². The minimum absolute atomic E-state index is 0.0399. The van der Waals surface area contributed by atoms with E-state index in [0.29, 0.717) is 10.2 Å². The first kappa shape index (κ1) is 16.1. The van der Waals surface area contributed by atoms with E-state index in [0.717, 1.165) is 0 Å². The van der Waals surface area contributed by atoms with E-state index in [1.165, 1.54) is 30.0 Å². The molecule has 1 saturated heterocycles. The van der Waals surface area contributed by atoms with Crippen LogP contribution in [0.3, 0.4) is 0 Å². The molecular weight excluding hydrogens is 390 g/mol. The smallest absolute Gasteiger partial charge is 0.325 e. The van der Waals surface area contributed by atoms with E-state index in [4.69, 9.17) is 11.6 Å². The van der Waals surface area contributed by atoms with Crippen molar-refractivity contribution in [2.45, 2.75) is 16.9 Å². The molecule has 1 aromatic rings. The highest BCUT2D eigenvalue weighted by atomic mass is 79.9. The fourth-order valence-corrected chi connectivity index (χ4v) is 5.71. The van der Waals surface area contributed by atoms with Gasteiger partial charge in [0.2, 0.25) is 10.0 Å². The Morgan fingerprint density at radius 1 is 1.50 bits per heavy atom. The molecule has 2 rings (SSSR count). The lowest BCUT2D eigenvalue weighted by atomic mass is 10.0. The van der Waals surface area contributed by atoms with E-state index in [9.17, 15) is 18.3 Å². The van der Waals surface area contributed by atoms with Gasteiger partial charge in [0.25, 0.3) is 0 Å². The molecule has 1 aliphatic rings. The van der Waals surface area contributed by atoms with Crippen molar-refractivity contribution in [2.24, 2.45) is 0 Å². The SMILES string of the molecule is O=C(O)C1(NS(=O)(=O)c2ccc(Br)cc2Cl)CCSC1. The average molecular weight is 401 g/mol. The fraction of sp³-hybridized carbons (Fsp3) is 0.364. The zero-order chi connectivity index (χ0) is 15.0. The number of sulfonamides is 1. The average Bonchev–Trinajstić information content (AvgIpc) is 2.77. The minimum atomic E-state index is -3.99. The van der Waals surface area contributed by atoms with Gasteiger partial charge in [0.15, 0.2) is 0 Å². The van der Waals surface area contributed by atoms with Gasteiger partial charge in [0.1, 0.15) is 10.4 Å². The van der Waals surface area contributed by atoms with Gasteiger partial charge >= 0.3 is 5.97 Å². The van der Waals surface area contributed by atoms with Crippen molar-refractivity contribution in [3.63, 3.8) is 0 Å². The van der Waals surface area contributed by atoms with Gasteiger partial charge < -0.3 is 5.11 Å². The number of benzene rings is 1. The molecule has 1 aromatic carbocycles. The summed E-state index contributed by atoms with van der Waals surface area (Å²) in [5, 5.41) is 9.35. The number of carboxylic acid groups (broad SMARTS) is 1. The molecule has 0 aromatic heterocycles. The molecule has 0 amide bonds. The molecular formula is C11H11BrClNO4S2. The van der Waals surface area contributed by atoms with Gasteiger partial charge in [-0.25, -0.2) is 8.42 Å². The van der Waals surface area contributed by atoms with E-state index in [1.807, 2.05) is 0 Å². The molecule has 2 N–H and O–H groups in total. The lowest BCUT2D eigenvalue weighted by Gasteiger charge is -2.24. The van der Waals surface area contributed by atoms with Crippen LogP contribution in [-0.2, 0) is 14.8 Å². The summed E-state index contributed by atoms with van der Waals surface area (Å²) >= 11 is 10.5. The molecule has 1 fully saturated rings. The van der Waals surface area contributed by atoms with Gasteiger partial charge in [-0.05, 0) is 30.4 Å². The zero-order valence-electron chi connectivity index (χ0n) is 10.1. The lowest BCUT2D eigenvalue weighted by Crippen LogP contribution is -2.54. The quantitative estimate of drug-likeness (QED) is 0.810. The summed E-state index contributed by atoms with van der Waals surface area (Å²) in [5.41, 5.74) is -1.46. The first-order valence-corrected chi connectivity index (χ1v) is 9.38. The molecule has 1 heterocycles. The maximum Gasteiger partial charge on any atom is 0.325 e. The Bertz CT molecular complexity index is 644. The number of aliphatic carboxylic acids is 1. The summed E-state index contributed by atoms with van der Waals surface area (Å²) in [5.74, 6) is -0.363. The van der Waals surface area contributed by atoms with Crippen molar-refractivity contribution in [1.82, 2.24) is 4.72 Å². The number of nitrogens with one attached hydrogen (secondary N) is 1. The van der Waals surface area contributed by atoms with Crippen LogP contribution >= 0.6 is 39.3 Å². The van der Waals surface area contributed by atoms with Crippen molar-refractivity contribution in [3.8, 4) is 0 Å². The van der Waals surface area contributed by atoms with Crippen LogP contribution in [0.2, 0.25) is 5.02 Å². The summed E-state index contributed by atoms with van der Waals surface area (Å²) in [6, 6.07) is 4.33. The molecule has 1 atom stereocenters. The number of halogens is 2. The number of hydrogen-bond acceptors (Lipinski definition) is 4. The summed E-state index contributed by atoms with van der Waals surface area (Å²) < 4.78 is 27.6. The number of thioether (sulfide) groups is 1. The molecule has 0 radical (unpaired) electrons. The normalized spacial score (nSPS) is 22.9. The maximum absolute atomic E-state index is 12.3. The Balaban J connectivity index is 2.38. The monoisotopic (exact) mass is 399 g/mol. The molecule has 0 spiro atoms. The largest absolute Gasteiger partial charge is 0.480 e. The van der Waals surface area contributed by atoms with Crippen LogP contribution in [-0.4, -0.2) is 36.5 Å². The summed E-state index contributed by atoms with van der Waals surface area (Å²) in [4.78, 5) is 11.3. The molecule has 0 bridgehead atoms. The highest BCUT2D eigenvalue weighted by molar-refractivity contribution is 9.10. The van der Waals surface area contributed by atoms with Crippen molar-refractivity contribution in [2.75, 3.05) is 11.5 Å². The lowest BCUT2D eigenvalue weighted by molar-refractivity contribution is -0.142. The molecule has 0 aliphatic carbocycles. The first-order chi connectivity index (χ1) is 9.27. The minimum Gasteiger partial charge on any atom is -0.480 e. The van der Waals surface area contributed by atoms with Crippen LogP contribution in [0.15, 0.2) is 27.6 Å². The second-order valence-electron chi connectivity index (χ2n) is 4.37. The van der Waals surface area contributed by atoms with E-state index < -0.39 is 21.5 Å². The van der Waals surface area contributed by atoms with Crippen molar-refractivity contribution >= 4 is 55.3 Å². The van der Waals surface area contributed by atoms with Crippen LogP contribution in [0.1, 0.15) is 6.42 Å². The maximum atomic E-state index is 12.3. The first-order valence-electron chi connectivity index (χ1n) is 5.57. The van der Waals surface area contributed by atoms with Crippen LogP contribution in [0.5, 0.6) is 0 Å². The standard InChI is InChI=1S/C11H11BrClNO4S2/c12-7-1-2-9(8(13)5-7)20(17,18)14-11(10(15)16)3-4-19-6-11/h1-2,5,14H,3-4,6H2,(H,15,16). The zero-order valence-corrected chi connectivity index (χ0v) is 14.1. The highest BCUT2D eigenvalue weighted by Crippen LogP contribution is 2.32. The second-order valence-corrected chi connectivity index (χ2v) is 8.45. The number of carboxylic acids is 1. The van der Waals surface area contributed by atoms with Crippen LogP contribution in [0.25, 0.3) is 0 Å². The fourth-order valence-electron chi connectivity index (χ4n) is 1.86. The summed E-state index contributed by atoms with van der Waals surface area (Å²) in [7, 11) is -3.99. The van der Waals surface area contributed by atoms with Gasteiger partial charge in [-0.3, -0.25) is 4.79 Å². The highest BCUT2D eigenvalue weighted by Gasteiger charge is 2.45. The van der Waals surface area contributed by atoms with Gasteiger partial charge in [-0.1, -0.05) is 27.5 Å². The molecule has 20 heavy (non-hydrogen) atoms. The third kappa shape index (κ3) is 3.14. The Morgan fingerprint density at radius 3 is 2.70 bits per heavy atom. The Morgan fingerprint density at radius 2 is 2.20 bits per heavy atom.